The number of fused-ring (bicyclic) bond motifs is 12. The first-order valence-corrected chi connectivity index (χ1v) is 20.2. The predicted octanol–water partition coefficient (Wildman–Crippen LogP) is 14.0. The van der Waals surface area contributed by atoms with Gasteiger partial charge >= 0.3 is 0 Å². The van der Waals surface area contributed by atoms with Crippen LogP contribution in [0.3, 0.4) is 0 Å². The standard InChI is InChI=1S/C53H33N3S/c1-3-15-34(16-4-1)46-33-47(35-17-5-2-6-18-35)55-52(54-46)56-48-25-13-12-24-44(48)53(42-22-10-7-19-38(42)39-20-8-11-23-43(39)53)45-29-27-37(32-49(45)56)36-28-30-51-41(31-36)40-21-9-14-26-50(40)57-51/h1-33H. The van der Waals surface area contributed by atoms with Crippen LogP contribution in [-0.2, 0) is 5.41 Å². The lowest BCUT2D eigenvalue weighted by Crippen LogP contribution is -2.36. The van der Waals surface area contributed by atoms with Gasteiger partial charge in [0, 0.05) is 31.3 Å². The number of hydrogen-bond acceptors (Lipinski definition) is 4. The molecule has 0 N–H and O–H groups in total. The fourth-order valence-corrected chi connectivity index (χ4v) is 10.5. The van der Waals surface area contributed by atoms with E-state index in [1.165, 1.54) is 59.1 Å². The van der Waals surface area contributed by atoms with Crippen LogP contribution in [0.25, 0.3) is 64.9 Å². The minimum atomic E-state index is -0.555. The minimum Gasteiger partial charge on any atom is -0.278 e. The number of para-hydroxylation sites is 1. The quantitative estimate of drug-likeness (QED) is 0.180. The molecule has 2 aromatic heterocycles. The molecule has 12 rings (SSSR count). The lowest BCUT2D eigenvalue weighted by atomic mass is 9.64. The van der Waals surface area contributed by atoms with E-state index < -0.39 is 5.41 Å². The van der Waals surface area contributed by atoms with E-state index in [4.69, 9.17) is 9.97 Å². The van der Waals surface area contributed by atoms with E-state index in [-0.39, 0.29) is 0 Å². The highest BCUT2D eigenvalue weighted by Crippen LogP contribution is 2.63. The molecule has 3 heterocycles. The molecule has 3 nitrogen and oxygen atoms in total. The third-order valence-electron chi connectivity index (χ3n) is 11.9. The van der Waals surface area contributed by atoms with Crippen molar-refractivity contribution in [2.24, 2.45) is 0 Å². The van der Waals surface area contributed by atoms with E-state index in [0.717, 1.165) is 39.5 Å². The second kappa shape index (κ2) is 12.4. The predicted molar refractivity (Wildman–Crippen MR) is 237 cm³/mol. The fraction of sp³-hybridized carbons (Fsp3) is 0.0189. The Bertz CT molecular complexity index is 3100. The molecule has 1 aliphatic carbocycles. The van der Waals surface area contributed by atoms with Gasteiger partial charge < -0.3 is 0 Å². The summed E-state index contributed by atoms with van der Waals surface area (Å²) in [5.41, 5.74) is 15.3. The van der Waals surface area contributed by atoms with Crippen molar-refractivity contribution >= 4 is 48.8 Å². The summed E-state index contributed by atoms with van der Waals surface area (Å²) < 4.78 is 2.61. The molecule has 2 aliphatic rings. The molecule has 10 aromatic rings. The highest BCUT2D eigenvalue weighted by molar-refractivity contribution is 7.25. The van der Waals surface area contributed by atoms with Crippen molar-refractivity contribution in [3.8, 4) is 44.8 Å². The van der Waals surface area contributed by atoms with Gasteiger partial charge in [0.15, 0.2) is 0 Å². The van der Waals surface area contributed by atoms with Crippen molar-refractivity contribution in [3.63, 3.8) is 0 Å². The van der Waals surface area contributed by atoms with Crippen LogP contribution in [-0.4, -0.2) is 9.97 Å². The molecule has 57 heavy (non-hydrogen) atoms. The van der Waals surface area contributed by atoms with Crippen molar-refractivity contribution in [1.82, 2.24) is 9.97 Å². The number of hydrogen-bond donors (Lipinski definition) is 0. The van der Waals surface area contributed by atoms with Crippen molar-refractivity contribution in [2.75, 3.05) is 4.90 Å². The molecule has 1 aliphatic heterocycles. The highest BCUT2D eigenvalue weighted by atomic mass is 32.1. The van der Waals surface area contributed by atoms with Crippen molar-refractivity contribution in [3.05, 3.63) is 222 Å². The molecule has 266 valence electrons. The Morgan fingerprint density at radius 1 is 0.368 bits per heavy atom. The molecular formula is C53H33N3S. The maximum atomic E-state index is 5.44. The van der Waals surface area contributed by atoms with Gasteiger partial charge in [-0.2, -0.15) is 0 Å². The van der Waals surface area contributed by atoms with Gasteiger partial charge in [0.05, 0.1) is 28.2 Å². The molecule has 0 fully saturated rings. The molecule has 0 bridgehead atoms. The van der Waals surface area contributed by atoms with Crippen LogP contribution in [0.15, 0.2) is 200 Å². The highest BCUT2D eigenvalue weighted by Gasteiger charge is 2.52. The zero-order valence-corrected chi connectivity index (χ0v) is 31.6. The molecule has 0 radical (unpaired) electrons. The minimum absolute atomic E-state index is 0.555. The summed E-state index contributed by atoms with van der Waals surface area (Å²) in [6.45, 7) is 0. The second-order valence-corrected chi connectivity index (χ2v) is 16.0. The van der Waals surface area contributed by atoms with Crippen molar-refractivity contribution < 1.29 is 0 Å². The summed E-state index contributed by atoms with van der Waals surface area (Å²) in [5.74, 6) is 0.634. The summed E-state index contributed by atoms with van der Waals surface area (Å²) in [6, 6.07) is 72.6. The van der Waals surface area contributed by atoms with Crippen LogP contribution in [0.4, 0.5) is 17.3 Å². The van der Waals surface area contributed by atoms with Crippen LogP contribution in [0, 0.1) is 0 Å². The third-order valence-corrected chi connectivity index (χ3v) is 13.1. The van der Waals surface area contributed by atoms with Crippen molar-refractivity contribution in [2.45, 2.75) is 5.41 Å². The lowest BCUT2D eigenvalue weighted by molar-refractivity contribution is 0.750. The molecule has 0 unspecified atom stereocenters. The van der Waals surface area contributed by atoms with Crippen molar-refractivity contribution in [1.29, 1.82) is 0 Å². The monoisotopic (exact) mass is 743 g/mol. The van der Waals surface area contributed by atoms with Crippen LogP contribution in [0.5, 0.6) is 0 Å². The van der Waals surface area contributed by atoms with Gasteiger partial charge in [-0.15, -0.1) is 11.3 Å². The Balaban J connectivity index is 1.17. The van der Waals surface area contributed by atoms with E-state index in [0.29, 0.717) is 5.95 Å². The zero-order valence-electron chi connectivity index (χ0n) is 30.8. The fourth-order valence-electron chi connectivity index (χ4n) is 9.46. The average Bonchev–Trinajstić information content (AvgIpc) is 3.80. The molecule has 4 heteroatoms. The molecule has 0 atom stereocenters. The zero-order chi connectivity index (χ0) is 37.5. The maximum absolute atomic E-state index is 5.44. The first-order valence-electron chi connectivity index (χ1n) is 19.4. The van der Waals surface area contributed by atoms with Gasteiger partial charge in [0.2, 0.25) is 5.95 Å². The molecular weight excluding hydrogens is 711 g/mol. The SMILES string of the molecule is c1ccc(-c2cc(-c3ccccc3)nc(N3c4ccccc4C4(c5ccccc5-c5ccccc54)c4ccc(-c5ccc6sc7ccccc7c6c5)cc43)n2)cc1. The summed E-state index contributed by atoms with van der Waals surface area (Å²) in [7, 11) is 0. The number of rotatable bonds is 4. The Labute approximate surface area is 334 Å². The number of benzene rings is 8. The molecule has 0 saturated heterocycles. The Morgan fingerprint density at radius 3 is 1.60 bits per heavy atom. The molecule has 0 amide bonds. The smallest absolute Gasteiger partial charge is 0.235 e. The van der Waals surface area contributed by atoms with E-state index in [2.05, 4.69) is 205 Å². The summed E-state index contributed by atoms with van der Waals surface area (Å²) >= 11 is 1.85. The Hall–Kier alpha value is -7.14. The number of anilines is 3. The van der Waals surface area contributed by atoms with Crippen LogP contribution < -0.4 is 4.90 Å². The maximum Gasteiger partial charge on any atom is 0.235 e. The van der Waals surface area contributed by atoms with Crippen LogP contribution in [0.2, 0.25) is 0 Å². The van der Waals surface area contributed by atoms with Gasteiger partial charge in [-0.3, -0.25) is 4.90 Å². The van der Waals surface area contributed by atoms with Crippen LogP contribution >= 0.6 is 11.3 Å². The summed E-state index contributed by atoms with van der Waals surface area (Å²) in [6.07, 6.45) is 0. The first kappa shape index (κ1) is 32.1. The summed E-state index contributed by atoms with van der Waals surface area (Å²) in [4.78, 5) is 13.2. The number of nitrogens with zero attached hydrogens (tertiary/aromatic N) is 3. The largest absolute Gasteiger partial charge is 0.278 e. The van der Waals surface area contributed by atoms with Gasteiger partial charge in [-0.1, -0.05) is 164 Å². The molecule has 8 aromatic carbocycles. The average molecular weight is 744 g/mol. The van der Waals surface area contributed by atoms with E-state index in [9.17, 15) is 0 Å². The number of aromatic nitrogens is 2. The van der Waals surface area contributed by atoms with E-state index in [1.54, 1.807) is 0 Å². The first-order chi connectivity index (χ1) is 28.3. The topological polar surface area (TPSA) is 29.0 Å². The normalized spacial score (nSPS) is 13.4. The second-order valence-electron chi connectivity index (χ2n) is 14.9. The van der Waals surface area contributed by atoms with Gasteiger partial charge in [0.1, 0.15) is 0 Å². The lowest BCUT2D eigenvalue weighted by Gasteiger charge is -2.44. The van der Waals surface area contributed by atoms with E-state index in [1.807, 2.05) is 11.3 Å². The summed E-state index contributed by atoms with van der Waals surface area (Å²) in [5, 5.41) is 2.58. The van der Waals surface area contributed by atoms with Crippen LogP contribution in [0.1, 0.15) is 22.3 Å². The van der Waals surface area contributed by atoms with Gasteiger partial charge in [-0.05, 0) is 80.9 Å². The third kappa shape index (κ3) is 4.71. The Kier molecular flexibility index (Phi) is 7.01. The van der Waals surface area contributed by atoms with E-state index >= 15 is 0 Å². The molecule has 1 spiro atoms. The number of thiophene rings is 1. The van der Waals surface area contributed by atoms with Gasteiger partial charge in [-0.25, -0.2) is 9.97 Å². The van der Waals surface area contributed by atoms with Gasteiger partial charge in [0.25, 0.3) is 0 Å². The molecule has 0 saturated carbocycles. The Morgan fingerprint density at radius 2 is 0.895 bits per heavy atom.